The first-order valence-electron chi connectivity index (χ1n) is 4.20. The minimum Gasteiger partial charge on any atom is -0.382 e. The summed E-state index contributed by atoms with van der Waals surface area (Å²) < 4.78 is 39.5. The minimum atomic E-state index is -4.35. The molecule has 0 amide bonds. The summed E-state index contributed by atoms with van der Waals surface area (Å²) >= 11 is 0. The molecule has 0 aliphatic carbocycles. The molecule has 0 bridgehead atoms. The van der Waals surface area contributed by atoms with E-state index < -0.39 is 6.18 Å². The first kappa shape index (κ1) is 12.3. The summed E-state index contributed by atoms with van der Waals surface area (Å²) in [5.41, 5.74) is 0. The third-order valence-corrected chi connectivity index (χ3v) is 1.27. The van der Waals surface area contributed by atoms with Gasteiger partial charge < -0.3 is 4.74 Å². The summed E-state index contributed by atoms with van der Waals surface area (Å²) in [7, 11) is 0. The molecule has 0 unspecified atom stereocenters. The molecule has 0 atom stereocenters. The van der Waals surface area contributed by atoms with Gasteiger partial charge >= 0.3 is 6.18 Å². The Kier molecular flexibility index (Phi) is 6.43. The van der Waals surface area contributed by atoms with Crippen molar-refractivity contribution in [2.24, 2.45) is 0 Å². The third-order valence-electron chi connectivity index (χ3n) is 1.27. The van der Waals surface area contributed by atoms with Gasteiger partial charge in [0.25, 0.3) is 0 Å². The van der Waals surface area contributed by atoms with E-state index in [-0.39, 0.29) is 6.42 Å². The number of halogens is 3. The van der Waals surface area contributed by atoms with Crippen molar-refractivity contribution in [1.82, 2.24) is 0 Å². The highest BCUT2D eigenvalue weighted by molar-refractivity contribution is 5.04. The number of rotatable bonds is 5. The summed E-state index contributed by atoms with van der Waals surface area (Å²) in [5.74, 6) is 3.29. The number of ether oxygens (including phenoxy) is 1. The predicted octanol–water partition coefficient (Wildman–Crippen LogP) is 2.76. The molecular weight excluding hydrogens is 181 g/mol. The van der Waals surface area contributed by atoms with Crippen LogP contribution in [0.25, 0.3) is 0 Å². The fourth-order valence-corrected chi connectivity index (χ4v) is 0.725. The maximum atomic E-state index is 11.5. The molecule has 0 saturated heterocycles. The summed E-state index contributed by atoms with van der Waals surface area (Å²) in [6, 6.07) is 0. The summed E-state index contributed by atoms with van der Waals surface area (Å²) in [6.45, 7) is 3.13. The van der Waals surface area contributed by atoms with Crippen molar-refractivity contribution >= 4 is 0 Å². The van der Waals surface area contributed by atoms with Gasteiger partial charge in [0, 0.05) is 25.6 Å². The van der Waals surface area contributed by atoms with E-state index >= 15 is 0 Å². The Bertz CT molecular complexity index is 176. The normalized spacial score (nSPS) is 10.8. The highest BCUT2D eigenvalue weighted by Gasteiger charge is 2.22. The van der Waals surface area contributed by atoms with Crippen LogP contribution in [0, 0.1) is 11.8 Å². The first-order chi connectivity index (χ1) is 6.06. The molecular formula is C9H13F3O. The fourth-order valence-electron chi connectivity index (χ4n) is 0.725. The van der Waals surface area contributed by atoms with E-state index in [1.165, 1.54) is 5.92 Å². The molecule has 0 radical (unpaired) electrons. The summed E-state index contributed by atoms with van der Waals surface area (Å²) in [5, 5.41) is 0. The summed E-state index contributed by atoms with van der Waals surface area (Å²) in [4.78, 5) is 0. The molecule has 0 aliphatic heterocycles. The third kappa shape index (κ3) is 11.3. The van der Waals surface area contributed by atoms with Crippen LogP contribution in [-0.2, 0) is 4.74 Å². The van der Waals surface area contributed by atoms with Gasteiger partial charge in [-0.05, 0) is 19.8 Å². The lowest BCUT2D eigenvalue weighted by Gasteiger charge is -1.97. The quantitative estimate of drug-likeness (QED) is 0.483. The molecule has 0 aromatic carbocycles. The second-order valence-corrected chi connectivity index (χ2v) is 2.45. The van der Waals surface area contributed by atoms with E-state index in [1.807, 2.05) is 6.92 Å². The summed E-state index contributed by atoms with van der Waals surface area (Å²) in [6.07, 6.45) is -2.64. The zero-order valence-electron chi connectivity index (χ0n) is 7.58. The Morgan fingerprint density at radius 3 is 2.46 bits per heavy atom. The van der Waals surface area contributed by atoms with E-state index in [0.717, 1.165) is 6.42 Å². The average Bonchev–Trinajstić information content (AvgIpc) is 2.01. The minimum absolute atomic E-state index is 0.284. The van der Waals surface area contributed by atoms with Gasteiger partial charge in [0.2, 0.25) is 0 Å². The van der Waals surface area contributed by atoms with Gasteiger partial charge in [0.1, 0.15) is 0 Å². The maximum Gasteiger partial charge on any atom is 0.457 e. The topological polar surface area (TPSA) is 9.23 Å². The molecule has 0 spiro atoms. The van der Waals surface area contributed by atoms with Crippen molar-refractivity contribution in [3.63, 3.8) is 0 Å². The lowest BCUT2D eigenvalue weighted by molar-refractivity contribution is -0.0697. The van der Waals surface area contributed by atoms with Crippen LogP contribution >= 0.6 is 0 Å². The maximum absolute atomic E-state index is 11.5. The average molecular weight is 194 g/mol. The van der Waals surface area contributed by atoms with Crippen molar-refractivity contribution in [2.75, 3.05) is 13.2 Å². The van der Waals surface area contributed by atoms with E-state index in [2.05, 4.69) is 5.92 Å². The van der Waals surface area contributed by atoms with Gasteiger partial charge in [-0.1, -0.05) is 5.92 Å². The Balaban J connectivity index is 3.28. The monoisotopic (exact) mass is 194 g/mol. The van der Waals surface area contributed by atoms with Crippen molar-refractivity contribution < 1.29 is 17.9 Å². The zero-order valence-corrected chi connectivity index (χ0v) is 7.58. The van der Waals surface area contributed by atoms with Gasteiger partial charge in [-0.15, -0.1) is 0 Å². The standard InChI is InChI=1S/C9H13F3O/c1-2-13-8-6-4-3-5-7-9(10,11)12/h2-4,6,8H2,1H3. The van der Waals surface area contributed by atoms with Crippen LogP contribution < -0.4 is 0 Å². The van der Waals surface area contributed by atoms with Gasteiger partial charge in [0.15, 0.2) is 0 Å². The van der Waals surface area contributed by atoms with Crippen LogP contribution in [0.1, 0.15) is 26.2 Å². The Morgan fingerprint density at radius 1 is 1.23 bits per heavy atom. The Hall–Kier alpha value is -0.690. The Morgan fingerprint density at radius 2 is 1.92 bits per heavy atom. The van der Waals surface area contributed by atoms with Crippen LogP contribution in [0.5, 0.6) is 0 Å². The van der Waals surface area contributed by atoms with E-state index in [0.29, 0.717) is 19.6 Å². The SMILES string of the molecule is CCOCCCCC#CC(F)(F)F. The first-order valence-corrected chi connectivity index (χ1v) is 4.20. The molecule has 76 valence electrons. The zero-order chi connectivity index (χ0) is 10.2. The van der Waals surface area contributed by atoms with Crippen LogP contribution in [0.4, 0.5) is 13.2 Å². The van der Waals surface area contributed by atoms with Crippen LogP contribution in [0.2, 0.25) is 0 Å². The van der Waals surface area contributed by atoms with E-state index in [9.17, 15) is 13.2 Å². The molecule has 0 rings (SSSR count). The smallest absolute Gasteiger partial charge is 0.382 e. The van der Waals surface area contributed by atoms with Gasteiger partial charge in [-0.25, -0.2) is 0 Å². The molecule has 0 aromatic rings. The van der Waals surface area contributed by atoms with E-state index in [4.69, 9.17) is 4.74 Å². The molecule has 0 saturated carbocycles. The van der Waals surface area contributed by atoms with Gasteiger partial charge in [0.05, 0.1) is 0 Å². The second kappa shape index (κ2) is 6.79. The lowest BCUT2D eigenvalue weighted by Crippen LogP contribution is -2.01. The fraction of sp³-hybridized carbons (Fsp3) is 0.778. The largest absolute Gasteiger partial charge is 0.457 e. The van der Waals surface area contributed by atoms with Crippen molar-refractivity contribution in [3.05, 3.63) is 0 Å². The van der Waals surface area contributed by atoms with Crippen LogP contribution in [0.3, 0.4) is 0 Å². The second-order valence-electron chi connectivity index (χ2n) is 2.45. The number of unbranched alkanes of at least 4 members (excludes halogenated alkanes) is 2. The molecule has 1 nitrogen and oxygen atoms in total. The molecule has 0 aromatic heterocycles. The van der Waals surface area contributed by atoms with Gasteiger partial charge in [-0.2, -0.15) is 13.2 Å². The van der Waals surface area contributed by atoms with E-state index in [1.54, 1.807) is 0 Å². The highest BCUT2D eigenvalue weighted by Crippen LogP contribution is 2.12. The molecule has 0 heterocycles. The molecule has 0 fully saturated rings. The highest BCUT2D eigenvalue weighted by atomic mass is 19.4. The number of alkyl halides is 3. The van der Waals surface area contributed by atoms with Crippen LogP contribution in [0.15, 0.2) is 0 Å². The molecule has 13 heavy (non-hydrogen) atoms. The van der Waals surface area contributed by atoms with Crippen molar-refractivity contribution in [2.45, 2.75) is 32.4 Å². The predicted molar refractivity (Wildman–Crippen MR) is 44.2 cm³/mol. The number of hydrogen-bond acceptors (Lipinski definition) is 1. The van der Waals surface area contributed by atoms with Gasteiger partial charge in [-0.3, -0.25) is 0 Å². The lowest BCUT2D eigenvalue weighted by atomic mass is 10.2. The van der Waals surface area contributed by atoms with Crippen LogP contribution in [-0.4, -0.2) is 19.4 Å². The van der Waals surface area contributed by atoms with Crippen molar-refractivity contribution in [3.8, 4) is 11.8 Å². The Labute approximate surface area is 76.3 Å². The molecule has 0 N–H and O–H groups in total. The molecule has 0 aliphatic rings. The number of hydrogen-bond donors (Lipinski definition) is 0. The van der Waals surface area contributed by atoms with Crippen molar-refractivity contribution in [1.29, 1.82) is 0 Å². The molecule has 4 heteroatoms.